The summed E-state index contributed by atoms with van der Waals surface area (Å²) in [5.41, 5.74) is 1.23. The molecular formula is C15H10Cl2FN5. The van der Waals surface area contributed by atoms with E-state index in [1.54, 1.807) is 30.3 Å². The van der Waals surface area contributed by atoms with E-state index in [0.29, 0.717) is 27.2 Å². The number of hydrogen-bond acceptors (Lipinski definition) is 5. The van der Waals surface area contributed by atoms with Crippen molar-refractivity contribution in [2.24, 2.45) is 0 Å². The summed E-state index contributed by atoms with van der Waals surface area (Å²) >= 11 is 11.8. The molecule has 0 aliphatic rings. The molecule has 1 aromatic heterocycles. The highest BCUT2D eigenvalue weighted by Crippen LogP contribution is 2.26. The van der Waals surface area contributed by atoms with Crippen molar-refractivity contribution in [2.75, 3.05) is 10.6 Å². The van der Waals surface area contributed by atoms with Crippen LogP contribution in [0.25, 0.3) is 0 Å². The topological polar surface area (TPSA) is 62.7 Å². The zero-order valence-corrected chi connectivity index (χ0v) is 13.1. The van der Waals surface area contributed by atoms with Gasteiger partial charge in [-0.05, 0) is 36.4 Å². The van der Waals surface area contributed by atoms with Crippen molar-refractivity contribution in [3.05, 3.63) is 64.5 Å². The molecule has 0 spiro atoms. The number of benzene rings is 2. The van der Waals surface area contributed by atoms with Gasteiger partial charge in [-0.2, -0.15) is 10.1 Å². The molecular weight excluding hydrogens is 340 g/mol. The first-order chi connectivity index (χ1) is 11.1. The first kappa shape index (κ1) is 15.5. The SMILES string of the molecule is Fc1cccc(Nc2cnnc(Nc3ccc(Cl)c(Cl)c3)n2)c1. The molecule has 0 unspecified atom stereocenters. The van der Waals surface area contributed by atoms with E-state index in [1.807, 2.05) is 0 Å². The van der Waals surface area contributed by atoms with E-state index in [0.717, 1.165) is 0 Å². The summed E-state index contributed by atoms with van der Waals surface area (Å²) in [6.45, 7) is 0. The number of rotatable bonds is 4. The summed E-state index contributed by atoms with van der Waals surface area (Å²) in [6.07, 6.45) is 1.44. The number of hydrogen-bond donors (Lipinski definition) is 2. The molecule has 0 bridgehead atoms. The molecule has 0 saturated carbocycles. The van der Waals surface area contributed by atoms with Crippen molar-refractivity contribution in [3.63, 3.8) is 0 Å². The molecule has 116 valence electrons. The quantitative estimate of drug-likeness (QED) is 0.707. The highest BCUT2D eigenvalue weighted by atomic mass is 35.5. The number of aromatic nitrogens is 3. The van der Waals surface area contributed by atoms with Crippen LogP contribution in [0.4, 0.5) is 27.5 Å². The van der Waals surface area contributed by atoms with Gasteiger partial charge in [0, 0.05) is 11.4 Å². The molecule has 0 radical (unpaired) electrons. The Morgan fingerprint density at radius 2 is 1.74 bits per heavy atom. The van der Waals surface area contributed by atoms with Crippen LogP contribution < -0.4 is 10.6 Å². The van der Waals surface area contributed by atoms with E-state index in [-0.39, 0.29) is 11.8 Å². The fourth-order valence-corrected chi connectivity index (χ4v) is 2.13. The standard InChI is InChI=1S/C15H10Cl2FN5/c16-12-5-4-11(7-13(12)17)21-15-22-14(8-19-23-15)20-10-3-1-2-9(18)6-10/h1-8H,(H2,20,21,22,23). The van der Waals surface area contributed by atoms with Gasteiger partial charge in [0.2, 0.25) is 5.95 Å². The van der Waals surface area contributed by atoms with Gasteiger partial charge >= 0.3 is 0 Å². The second-order valence-corrected chi connectivity index (χ2v) is 5.37. The Hall–Kier alpha value is -2.44. The normalized spacial score (nSPS) is 10.4. The monoisotopic (exact) mass is 349 g/mol. The van der Waals surface area contributed by atoms with Gasteiger partial charge in [0.1, 0.15) is 5.82 Å². The van der Waals surface area contributed by atoms with Crippen molar-refractivity contribution < 1.29 is 4.39 Å². The zero-order valence-electron chi connectivity index (χ0n) is 11.6. The number of anilines is 4. The molecule has 0 fully saturated rings. The Kier molecular flexibility index (Phi) is 4.55. The molecule has 0 atom stereocenters. The molecule has 23 heavy (non-hydrogen) atoms. The van der Waals surface area contributed by atoms with Gasteiger partial charge in [-0.15, -0.1) is 5.10 Å². The summed E-state index contributed by atoms with van der Waals surface area (Å²) in [5, 5.41) is 14.5. The summed E-state index contributed by atoms with van der Waals surface area (Å²) in [7, 11) is 0. The van der Waals surface area contributed by atoms with E-state index in [4.69, 9.17) is 23.2 Å². The van der Waals surface area contributed by atoms with E-state index >= 15 is 0 Å². The fraction of sp³-hybridized carbons (Fsp3) is 0. The smallest absolute Gasteiger partial charge is 0.249 e. The minimum absolute atomic E-state index is 0.268. The van der Waals surface area contributed by atoms with Gasteiger partial charge < -0.3 is 10.6 Å². The highest BCUT2D eigenvalue weighted by molar-refractivity contribution is 6.42. The molecule has 0 aliphatic heterocycles. The van der Waals surface area contributed by atoms with Crippen LogP contribution >= 0.6 is 23.2 Å². The highest BCUT2D eigenvalue weighted by Gasteiger charge is 2.04. The van der Waals surface area contributed by atoms with Gasteiger partial charge in [0.25, 0.3) is 0 Å². The maximum atomic E-state index is 13.2. The van der Waals surface area contributed by atoms with E-state index in [9.17, 15) is 4.39 Å². The first-order valence-electron chi connectivity index (χ1n) is 6.54. The van der Waals surface area contributed by atoms with Crippen LogP contribution in [0.1, 0.15) is 0 Å². The number of nitrogens with zero attached hydrogens (tertiary/aromatic N) is 3. The predicted octanol–water partition coefficient (Wildman–Crippen LogP) is 4.80. The molecule has 2 N–H and O–H groups in total. The van der Waals surface area contributed by atoms with Crippen molar-refractivity contribution in [3.8, 4) is 0 Å². The van der Waals surface area contributed by atoms with Gasteiger partial charge in [-0.1, -0.05) is 29.3 Å². The van der Waals surface area contributed by atoms with E-state index < -0.39 is 0 Å². The van der Waals surface area contributed by atoms with Crippen LogP contribution in [0.15, 0.2) is 48.7 Å². The van der Waals surface area contributed by atoms with E-state index in [1.165, 1.54) is 18.3 Å². The fourth-order valence-electron chi connectivity index (χ4n) is 1.83. The Morgan fingerprint density at radius 1 is 0.913 bits per heavy atom. The minimum Gasteiger partial charge on any atom is -0.339 e. The van der Waals surface area contributed by atoms with Gasteiger partial charge in [0.05, 0.1) is 16.2 Å². The third-order valence-electron chi connectivity index (χ3n) is 2.83. The molecule has 0 amide bonds. The predicted molar refractivity (Wildman–Crippen MR) is 89.3 cm³/mol. The largest absolute Gasteiger partial charge is 0.339 e. The van der Waals surface area contributed by atoms with Crippen molar-refractivity contribution in [1.82, 2.24) is 15.2 Å². The third-order valence-corrected chi connectivity index (χ3v) is 3.57. The Labute approximate surface area is 141 Å². The lowest BCUT2D eigenvalue weighted by Crippen LogP contribution is -2.02. The molecule has 0 aliphatic carbocycles. The van der Waals surface area contributed by atoms with Crippen molar-refractivity contribution >= 4 is 46.3 Å². The zero-order chi connectivity index (χ0) is 16.2. The number of nitrogens with one attached hydrogen (secondary N) is 2. The van der Waals surface area contributed by atoms with Crippen LogP contribution in [-0.4, -0.2) is 15.2 Å². The number of halogens is 3. The molecule has 2 aromatic carbocycles. The summed E-state index contributed by atoms with van der Waals surface area (Å²) < 4.78 is 13.2. The Morgan fingerprint density at radius 3 is 2.52 bits per heavy atom. The lowest BCUT2D eigenvalue weighted by molar-refractivity contribution is 0.628. The van der Waals surface area contributed by atoms with E-state index in [2.05, 4.69) is 25.8 Å². The minimum atomic E-state index is -0.342. The molecule has 5 nitrogen and oxygen atoms in total. The molecule has 1 heterocycles. The van der Waals surface area contributed by atoms with Gasteiger partial charge in [-0.3, -0.25) is 0 Å². The maximum absolute atomic E-state index is 13.2. The maximum Gasteiger partial charge on any atom is 0.249 e. The first-order valence-corrected chi connectivity index (χ1v) is 7.30. The van der Waals surface area contributed by atoms with Crippen LogP contribution in [0.5, 0.6) is 0 Å². The van der Waals surface area contributed by atoms with Crippen LogP contribution in [0, 0.1) is 5.82 Å². The second kappa shape index (κ2) is 6.76. The molecule has 3 aromatic rings. The Bertz CT molecular complexity index is 844. The average Bonchev–Trinajstić information content (AvgIpc) is 2.51. The summed E-state index contributed by atoms with van der Waals surface area (Å²) in [4.78, 5) is 4.25. The van der Waals surface area contributed by atoms with Gasteiger partial charge in [0.15, 0.2) is 5.82 Å². The average molecular weight is 350 g/mol. The van der Waals surface area contributed by atoms with Crippen molar-refractivity contribution in [2.45, 2.75) is 0 Å². The van der Waals surface area contributed by atoms with Crippen LogP contribution in [-0.2, 0) is 0 Å². The lowest BCUT2D eigenvalue weighted by atomic mass is 10.3. The van der Waals surface area contributed by atoms with Crippen LogP contribution in [0.3, 0.4) is 0 Å². The second-order valence-electron chi connectivity index (χ2n) is 4.55. The van der Waals surface area contributed by atoms with Crippen LogP contribution in [0.2, 0.25) is 10.0 Å². The van der Waals surface area contributed by atoms with Gasteiger partial charge in [-0.25, -0.2) is 4.39 Å². The molecule has 3 rings (SSSR count). The third kappa shape index (κ3) is 4.06. The molecule has 0 saturated heterocycles. The summed E-state index contributed by atoms with van der Waals surface area (Å²) in [5.74, 6) is 0.351. The molecule has 8 heteroatoms. The van der Waals surface area contributed by atoms with Crippen molar-refractivity contribution in [1.29, 1.82) is 0 Å². The Balaban J connectivity index is 1.78. The lowest BCUT2D eigenvalue weighted by Gasteiger charge is -2.08. The summed E-state index contributed by atoms with van der Waals surface area (Å²) in [6, 6.07) is 11.1.